The van der Waals surface area contributed by atoms with E-state index in [9.17, 15) is 9.59 Å². The summed E-state index contributed by atoms with van der Waals surface area (Å²) in [6, 6.07) is 14.0. The first kappa shape index (κ1) is 20.2. The van der Waals surface area contributed by atoms with Gasteiger partial charge in [0.2, 0.25) is 0 Å². The molecule has 8 nitrogen and oxygen atoms in total. The second-order valence-corrected chi connectivity index (χ2v) is 7.34. The van der Waals surface area contributed by atoms with Crippen LogP contribution >= 0.6 is 0 Å². The molecule has 0 spiro atoms. The monoisotopic (exact) mass is 412 g/mol. The van der Waals surface area contributed by atoms with Crippen LogP contribution in [0.3, 0.4) is 0 Å². The van der Waals surface area contributed by atoms with E-state index >= 15 is 0 Å². The third-order valence-corrected chi connectivity index (χ3v) is 5.23. The van der Waals surface area contributed by atoms with Crippen molar-refractivity contribution >= 4 is 17.7 Å². The Hall–Kier alpha value is -3.10. The summed E-state index contributed by atoms with van der Waals surface area (Å²) >= 11 is 0. The fourth-order valence-corrected chi connectivity index (χ4v) is 3.60. The lowest BCUT2D eigenvalue weighted by molar-refractivity contribution is 0.00862. The number of fused-ring (bicyclic) bond motifs is 1. The van der Waals surface area contributed by atoms with Crippen molar-refractivity contribution in [2.45, 2.75) is 31.3 Å². The van der Waals surface area contributed by atoms with Gasteiger partial charge >= 0.3 is 6.09 Å². The number of hydrogen-bond donors (Lipinski definition) is 2. The van der Waals surface area contributed by atoms with Gasteiger partial charge in [-0.05, 0) is 43.3 Å². The second kappa shape index (κ2) is 8.73. The highest BCUT2D eigenvalue weighted by molar-refractivity contribution is 5.94. The smallest absolute Gasteiger partial charge is 0.412 e. The SMILES string of the molecule is COc1ccc(NC(=O)O[C@@H]2CO[C@H]3[C@@H]2OC[C@@H]3NC(=O)c2ccc(C)cc2)cc1. The molecule has 2 heterocycles. The fourth-order valence-electron chi connectivity index (χ4n) is 3.60. The third kappa shape index (κ3) is 4.39. The van der Waals surface area contributed by atoms with Crippen LogP contribution in [0, 0.1) is 6.92 Å². The minimum absolute atomic E-state index is 0.186. The Kier molecular flexibility index (Phi) is 5.87. The molecule has 158 valence electrons. The molecule has 0 saturated carbocycles. The fraction of sp³-hybridized carbons (Fsp3) is 0.364. The molecular weight excluding hydrogens is 388 g/mol. The number of anilines is 1. The molecule has 0 aromatic heterocycles. The summed E-state index contributed by atoms with van der Waals surface area (Å²) in [7, 11) is 1.57. The van der Waals surface area contributed by atoms with E-state index in [4.69, 9.17) is 18.9 Å². The number of methoxy groups -OCH3 is 1. The molecule has 0 radical (unpaired) electrons. The van der Waals surface area contributed by atoms with E-state index in [1.54, 1.807) is 43.5 Å². The van der Waals surface area contributed by atoms with E-state index < -0.39 is 18.3 Å². The zero-order valence-electron chi connectivity index (χ0n) is 16.8. The van der Waals surface area contributed by atoms with Crippen LogP contribution in [-0.4, -0.2) is 56.7 Å². The quantitative estimate of drug-likeness (QED) is 0.784. The Bertz CT molecular complexity index is 899. The summed E-state index contributed by atoms with van der Waals surface area (Å²) in [6.45, 7) is 2.48. The predicted octanol–water partition coefficient (Wildman–Crippen LogP) is 2.52. The molecule has 0 bridgehead atoms. The number of amides is 2. The van der Waals surface area contributed by atoms with E-state index in [-0.39, 0.29) is 24.7 Å². The molecule has 8 heteroatoms. The van der Waals surface area contributed by atoms with Crippen molar-refractivity contribution in [3.05, 3.63) is 59.7 Å². The Morgan fingerprint density at radius 1 is 0.967 bits per heavy atom. The van der Waals surface area contributed by atoms with Crippen molar-refractivity contribution in [1.29, 1.82) is 0 Å². The van der Waals surface area contributed by atoms with Gasteiger partial charge in [-0.15, -0.1) is 0 Å². The minimum atomic E-state index is -0.592. The first-order valence-electron chi connectivity index (χ1n) is 9.76. The number of aryl methyl sites for hydroxylation is 1. The summed E-state index contributed by atoms with van der Waals surface area (Å²) < 4.78 is 22.1. The average Bonchev–Trinajstić information content (AvgIpc) is 3.32. The van der Waals surface area contributed by atoms with E-state index in [1.165, 1.54) is 0 Å². The van der Waals surface area contributed by atoms with Crippen molar-refractivity contribution in [3.63, 3.8) is 0 Å². The van der Waals surface area contributed by atoms with Gasteiger partial charge in [0, 0.05) is 11.3 Å². The average molecular weight is 412 g/mol. The number of nitrogens with one attached hydrogen (secondary N) is 2. The Labute approximate surface area is 174 Å². The third-order valence-electron chi connectivity index (χ3n) is 5.23. The number of carbonyl (C=O) groups is 2. The van der Waals surface area contributed by atoms with Crippen molar-refractivity contribution < 1.29 is 28.5 Å². The van der Waals surface area contributed by atoms with E-state index in [0.29, 0.717) is 23.6 Å². The van der Waals surface area contributed by atoms with Crippen molar-refractivity contribution in [2.75, 3.05) is 25.6 Å². The molecule has 4 atom stereocenters. The summed E-state index contributed by atoms with van der Waals surface area (Å²) in [5, 5.41) is 5.63. The van der Waals surface area contributed by atoms with Crippen LogP contribution in [0.25, 0.3) is 0 Å². The van der Waals surface area contributed by atoms with Gasteiger partial charge in [0.25, 0.3) is 5.91 Å². The molecule has 2 aliphatic heterocycles. The molecule has 2 aliphatic rings. The number of hydrogen-bond acceptors (Lipinski definition) is 6. The normalized spacial score (nSPS) is 24.7. The van der Waals surface area contributed by atoms with Crippen LogP contribution in [0.5, 0.6) is 5.75 Å². The number of benzene rings is 2. The second-order valence-electron chi connectivity index (χ2n) is 7.34. The van der Waals surface area contributed by atoms with Crippen molar-refractivity contribution in [1.82, 2.24) is 5.32 Å². The maximum Gasteiger partial charge on any atom is 0.412 e. The number of ether oxygens (including phenoxy) is 4. The molecule has 4 rings (SSSR count). The van der Waals surface area contributed by atoms with Crippen LogP contribution in [0.4, 0.5) is 10.5 Å². The lowest BCUT2D eigenvalue weighted by Gasteiger charge is -2.18. The summed E-state index contributed by atoms with van der Waals surface area (Å²) in [5.41, 5.74) is 2.25. The first-order chi connectivity index (χ1) is 14.5. The topological polar surface area (TPSA) is 95.1 Å². The van der Waals surface area contributed by atoms with E-state index in [0.717, 1.165) is 5.56 Å². The molecule has 2 saturated heterocycles. The predicted molar refractivity (Wildman–Crippen MR) is 109 cm³/mol. The molecule has 2 aromatic rings. The molecule has 2 fully saturated rings. The molecule has 2 aromatic carbocycles. The van der Waals surface area contributed by atoms with Crippen LogP contribution in [0.1, 0.15) is 15.9 Å². The highest BCUT2D eigenvalue weighted by Gasteiger charge is 2.50. The zero-order chi connectivity index (χ0) is 21.1. The number of carbonyl (C=O) groups excluding carboxylic acids is 2. The lowest BCUT2D eigenvalue weighted by atomic mass is 10.1. The van der Waals surface area contributed by atoms with Gasteiger partial charge in [-0.25, -0.2) is 4.79 Å². The van der Waals surface area contributed by atoms with Gasteiger partial charge in [-0.1, -0.05) is 17.7 Å². The minimum Gasteiger partial charge on any atom is -0.497 e. The molecule has 0 aliphatic carbocycles. The van der Waals surface area contributed by atoms with Gasteiger partial charge in [-0.3, -0.25) is 10.1 Å². The Morgan fingerprint density at radius 3 is 2.37 bits per heavy atom. The highest BCUT2D eigenvalue weighted by Crippen LogP contribution is 2.29. The molecule has 30 heavy (non-hydrogen) atoms. The maximum absolute atomic E-state index is 12.5. The molecular formula is C22H24N2O6. The van der Waals surface area contributed by atoms with Crippen LogP contribution in [-0.2, 0) is 14.2 Å². The molecule has 0 unspecified atom stereocenters. The number of rotatable bonds is 5. The zero-order valence-corrected chi connectivity index (χ0v) is 16.8. The van der Waals surface area contributed by atoms with Gasteiger partial charge in [0.1, 0.15) is 18.0 Å². The molecule has 2 N–H and O–H groups in total. The van der Waals surface area contributed by atoms with Gasteiger partial charge in [-0.2, -0.15) is 0 Å². The van der Waals surface area contributed by atoms with Gasteiger partial charge in [0.15, 0.2) is 6.10 Å². The van der Waals surface area contributed by atoms with Crippen LogP contribution < -0.4 is 15.4 Å². The van der Waals surface area contributed by atoms with Crippen LogP contribution in [0.2, 0.25) is 0 Å². The van der Waals surface area contributed by atoms with Crippen molar-refractivity contribution in [2.24, 2.45) is 0 Å². The summed E-state index contributed by atoms with van der Waals surface area (Å²) in [5.74, 6) is 0.508. The van der Waals surface area contributed by atoms with Gasteiger partial charge in [0.05, 0.1) is 26.4 Å². The first-order valence-corrected chi connectivity index (χ1v) is 9.76. The standard InChI is InChI=1S/C22H24N2O6/c1-13-3-5-14(6-4-13)21(25)24-17-11-28-20-18(12-29-19(17)20)30-22(26)23-15-7-9-16(27-2)10-8-15/h3-10,17-20H,11-12H2,1-2H3,(H,23,26)(H,24,25)/t17-,18+,19+,20+/m0/s1. The highest BCUT2D eigenvalue weighted by atomic mass is 16.6. The van der Waals surface area contributed by atoms with Crippen molar-refractivity contribution in [3.8, 4) is 5.75 Å². The van der Waals surface area contributed by atoms with E-state index in [1.807, 2.05) is 19.1 Å². The van der Waals surface area contributed by atoms with Crippen LogP contribution in [0.15, 0.2) is 48.5 Å². The van der Waals surface area contributed by atoms with Gasteiger partial charge < -0.3 is 24.3 Å². The largest absolute Gasteiger partial charge is 0.497 e. The maximum atomic E-state index is 12.5. The Balaban J connectivity index is 1.30. The van der Waals surface area contributed by atoms with E-state index in [2.05, 4.69) is 10.6 Å². The lowest BCUT2D eigenvalue weighted by Crippen LogP contribution is -2.44. The summed E-state index contributed by atoms with van der Waals surface area (Å²) in [6.07, 6.45) is -1.92. The summed E-state index contributed by atoms with van der Waals surface area (Å²) in [4.78, 5) is 24.7. The Morgan fingerprint density at radius 2 is 1.67 bits per heavy atom. The molecule has 2 amide bonds.